The van der Waals surface area contributed by atoms with Crippen LogP contribution in [0.4, 0.5) is 5.69 Å². The molecule has 98 valence electrons. The molecule has 0 amide bonds. The Morgan fingerprint density at radius 2 is 1.83 bits per heavy atom. The van der Waals surface area contributed by atoms with Crippen molar-refractivity contribution in [1.82, 2.24) is 4.31 Å². The Morgan fingerprint density at radius 1 is 1.17 bits per heavy atom. The van der Waals surface area contributed by atoms with Gasteiger partial charge in [-0.25, -0.2) is 8.42 Å². The van der Waals surface area contributed by atoms with E-state index in [1.165, 1.54) is 6.26 Å². The number of hydrogen-bond donors (Lipinski definition) is 0. The smallest absolute Gasteiger partial charge is 0.211 e. The highest BCUT2D eigenvalue weighted by Crippen LogP contribution is 2.35. The lowest BCUT2D eigenvalue weighted by atomic mass is 10.2. The molecule has 1 aromatic carbocycles. The molecule has 2 heterocycles. The van der Waals surface area contributed by atoms with Gasteiger partial charge in [0.15, 0.2) is 0 Å². The molecule has 0 saturated carbocycles. The fourth-order valence-electron chi connectivity index (χ4n) is 2.99. The first-order valence-electron chi connectivity index (χ1n) is 5.94. The molecule has 2 aliphatic heterocycles. The minimum absolute atomic E-state index is 0.126. The first-order valence-corrected chi connectivity index (χ1v) is 8.17. The van der Waals surface area contributed by atoms with Gasteiger partial charge in [-0.05, 0) is 30.7 Å². The summed E-state index contributed by atoms with van der Waals surface area (Å²) in [6.07, 6.45) is 2.22. The zero-order chi connectivity index (χ0) is 12.9. The highest BCUT2D eigenvalue weighted by molar-refractivity contribution is 7.88. The van der Waals surface area contributed by atoms with E-state index in [2.05, 4.69) is 4.90 Å². The van der Waals surface area contributed by atoms with Gasteiger partial charge in [0, 0.05) is 35.9 Å². The third-order valence-corrected chi connectivity index (χ3v) is 5.33. The number of rotatable bonds is 2. The second-order valence-electron chi connectivity index (χ2n) is 5.00. The van der Waals surface area contributed by atoms with E-state index in [4.69, 9.17) is 11.6 Å². The van der Waals surface area contributed by atoms with E-state index < -0.39 is 10.0 Å². The maximum absolute atomic E-state index is 11.6. The van der Waals surface area contributed by atoms with E-state index in [1.54, 1.807) is 4.31 Å². The van der Waals surface area contributed by atoms with Gasteiger partial charge >= 0.3 is 0 Å². The fraction of sp³-hybridized carbons (Fsp3) is 0.500. The van der Waals surface area contributed by atoms with Crippen molar-refractivity contribution in [2.75, 3.05) is 24.2 Å². The van der Waals surface area contributed by atoms with Crippen LogP contribution in [0.1, 0.15) is 6.42 Å². The van der Waals surface area contributed by atoms with Crippen LogP contribution in [0.15, 0.2) is 24.3 Å². The van der Waals surface area contributed by atoms with Crippen LogP contribution in [0.3, 0.4) is 0 Å². The highest BCUT2D eigenvalue weighted by Gasteiger charge is 2.46. The topological polar surface area (TPSA) is 40.6 Å². The molecule has 3 rings (SSSR count). The SMILES string of the molecule is CS(=O)(=O)N1C[C@H]2C[C@@H]1CN2c1ccc(Cl)cc1. The molecule has 2 aliphatic rings. The number of benzene rings is 1. The third kappa shape index (κ3) is 2.00. The van der Waals surface area contributed by atoms with E-state index in [9.17, 15) is 8.42 Å². The molecular formula is C12H15ClN2O2S. The van der Waals surface area contributed by atoms with Gasteiger partial charge in [0.2, 0.25) is 10.0 Å². The van der Waals surface area contributed by atoms with E-state index >= 15 is 0 Å². The van der Waals surface area contributed by atoms with E-state index in [0.29, 0.717) is 12.6 Å². The molecule has 2 atom stereocenters. The number of anilines is 1. The van der Waals surface area contributed by atoms with Crippen molar-refractivity contribution >= 4 is 27.3 Å². The normalized spacial score (nSPS) is 28.0. The van der Waals surface area contributed by atoms with Crippen LogP contribution < -0.4 is 4.90 Å². The molecule has 1 aromatic rings. The molecule has 2 fully saturated rings. The van der Waals surface area contributed by atoms with Crippen LogP contribution >= 0.6 is 11.6 Å². The van der Waals surface area contributed by atoms with Gasteiger partial charge in [-0.1, -0.05) is 11.6 Å². The molecule has 0 N–H and O–H groups in total. The molecule has 0 aliphatic carbocycles. The Morgan fingerprint density at radius 3 is 2.33 bits per heavy atom. The first-order chi connectivity index (χ1) is 8.45. The average Bonchev–Trinajstić information content (AvgIpc) is 2.88. The number of nitrogens with zero attached hydrogens (tertiary/aromatic N) is 2. The molecule has 2 bridgehead atoms. The summed E-state index contributed by atoms with van der Waals surface area (Å²) in [5.41, 5.74) is 1.13. The number of hydrogen-bond acceptors (Lipinski definition) is 3. The van der Waals surface area contributed by atoms with Gasteiger partial charge in [0.1, 0.15) is 0 Å². The van der Waals surface area contributed by atoms with Crippen LogP contribution in [0, 0.1) is 0 Å². The van der Waals surface area contributed by atoms with Crippen LogP contribution in [0.25, 0.3) is 0 Å². The summed E-state index contributed by atoms with van der Waals surface area (Å²) in [6.45, 7) is 1.38. The molecule has 2 saturated heterocycles. The van der Waals surface area contributed by atoms with E-state index in [1.807, 2.05) is 24.3 Å². The van der Waals surface area contributed by atoms with Gasteiger partial charge < -0.3 is 4.90 Å². The van der Waals surface area contributed by atoms with Gasteiger partial charge in [0.25, 0.3) is 0 Å². The molecule has 4 nitrogen and oxygen atoms in total. The fourth-order valence-corrected chi connectivity index (χ4v) is 4.25. The van der Waals surface area contributed by atoms with Crippen molar-refractivity contribution in [3.8, 4) is 0 Å². The highest BCUT2D eigenvalue weighted by atomic mass is 35.5. The van der Waals surface area contributed by atoms with Crippen molar-refractivity contribution in [3.05, 3.63) is 29.3 Å². The van der Waals surface area contributed by atoms with E-state index in [-0.39, 0.29) is 6.04 Å². The number of piperazine rings is 1. The summed E-state index contributed by atoms with van der Waals surface area (Å²) in [6, 6.07) is 8.15. The zero-order valence-electron chi connectivity index (χ0n) is 10.1. The minimum atomic E-state index is -3.06. The maximum Gasteiger partial charge on any atom is 0.211 e. The Bertz CT molecular complexity index is 558. The summed E-state index contributed by atoms with van der Waals surface area (Å²) in [5.74, 6) is 0. The van der Waals surface area contributed by atoms with Crippen LogP contribution in [0.5, 0.6) is 0 Å². The molecular weight excluding hydrogens is 272 g/mol. The predicted molar refractivity (Wildman–Crippen MR) is 72.5 cm³/mol. The van der Waals surface area contributed by atoms with Crippen LogP contribution in [0.2, 0.25) is 5.02 Å². The molecule has 6 heteroatoms. The molecule has 18 heavy (non-hydrogen) atoms. The predicted octanol–water partition coefficient (Wildman–Crippen LogP) is 1.56. The third-order valence-electron chi connectivity index (χ3n) is 3.77. The largest absolute Gasteiger partial charge is 0.366 e. The van der Waals surface area contributed by atoms with Gasteiger partial charge in [-0.2, -0.15) is 4.31 Å². The second kappa shape index (κ2) is 4.11. The zero-order valence-corrected chi connectivity index (χ0v) is 11.7. The number of halogens is 1. The quantitative estimate of drug-likeness (QED) is 0.828. The Hall–Kier alpha value is -0.780. The summed E-state index contributed by atoms with van der Waals surface area (Å²) in [4.78, 5) is 2.28. The standard InChI is InChI=1S/C12H15ClN2O2S/c1-18(16,17)15-8-11-6-12(15)7-14(11)10-4-2-9(13)3-5-10/h2-5,11-12H,6-8H2,1H3/t11-,12-/m1/s1. The first kappa shape index (κ1) is 12.3. The Kier molecular flexibility index (Phi) is 2.80. The molecule has 0 spiro atoms. The molecule has 0 unspecified atom stereocenters. The summed E-state index contributed by atoms with van der Waals surface area (Å²) in [7, 11) is -3.06. The summed E-state index contributed by atoms with van der Waals surface area (Å²) >= 11 is 5.87. The number of fused-ring (bicyclic) bond motifs is 2. The van der Waals surface area contributed by atoms with Crippen LogP contribution in [-0.4, -0.2) is 44.2 Å². The van der Waals surface area contributed by atoms with Gasteiger partial charge in [-0.3, -0.25) is 0 Å². The summed E-state index contributed by atoms with van der Waals surface area (Å²) < 4.78 is 24.8. The lowest BCUT2D eigenvalue weighted by molar-refractivity contribution is 0.371. The second-order valence-corrected chi connectivity index (χ2v) is 7.38. The monoisotopic (exact) mass is 286 g/mol. The molecule has 0 aromatic heterocycles. The van der Waals surface area contributed by atoms with E-state index in [0.717, 1.165) is 23.7 Å². The van der Waals surface area contributed by atoms with Crippen molar-refractivity contribution < 1.29 is 8.42 Å². The maximum atomic E-state index is 11.6. The van der Waals surface area contributed by atoms with Crippen molar-refractivity contribution in [2.24, 2.45) is 0 Å². The molecule has 0 radical (unpaired) electrons. The lowest BCUT2D eigenvalue weighted by Gasteiger charge is -2.34. The Labute approximate surface area is 112 Å². The van der Waals surface area contributed by atoms with Gasteiger partial charge in [0.05, 0.1) is 6.26 Å². The minimum Gasteiger partial charge on any atom is -0.366 e. The van der Waals surface area contributed by atoms with Crippen molar-refractivity contribution in [2.45, 2.75) is 18.5 Å². The Balaban J connectivity index is 1.80. The van der Waals surface area contributed by atoms with Crippen molar-refractivity contribution in [1.29, 1.82) is 0 Å². The summed E-state index contributed by atoms with van der Waals surface area (Å²) in [5, 5.41) is 0.723. The van der Waals surface area contributed by atoms with Crippen LogP contribution in [-0.2, 0) is 10.0 Å². The average molecular weight is 287 g/mol. The number of sulfonamides is 1. The lowest BCUT2D eigenvalue weighted by Crippen LogP contribution is -2.48. The van der Waals surface area contributed by atoms with Crippen molar-refractivity contribution in [3.63, 3.8) is 0 Å². The van der Waals surface area contributed by atoms with Gasteiger partial charge in [-0.15, -0.1) is 0 Å².